The zero-order valence-electron chi connectivity index (χ0n) is 31.2. The molecule has 0 saturated carbocycles. The van der Waals surface area contributed by atoms with E-state index >= 15 is 0 Å². The Morgan fingerprint density at radius 3 is 1.56 bits per heavy atom. The average molecular weight is 756 g/mol. The summed E-state index contributed by atoms with van der Waals surface area (Å²) in [7, 11) is 0. The molecule has 0 aliphatic carbocycles. The standard InChI is InChI=1S/C47H49NS4/c1-7-8-9-10-11-39-24-25-41(49-39)42-28-29-45(51-42)46-31-30-44(52-46)43-27-26-40(50-43)33(3)34-14-20-37(21-15-34)48(36-18-12-32(2)13-19-36)38-22-16-35(17-23-38)47(4,5)6/h12-31,33H,7-11H2,1-6H3. The molecule has 52 heavy (non-hydrogen) atoms. The quantitative estimate of drug-likeness (QED) is 0.106. The third kappa shape index (κ3) is 8.39. The summed E-state index contributed by atoms with van der Waals surface area (Å²) in [5, 5.41) is 0. The summed E-state index contributed by atoms with van der Waals surface area (Å²) in [6, 6.07) is 45.6. The number of hydrogen-bond acceptors (Lipinski definition) is 5. The van der Waals surface area contributed by atoms with Crippen molar-refractivity contribution in [1.82, 2.24) is 0 Å². The molecule has 5 heteroatoms. The third-order valence-corrected chi connectivity index (χ3v) is 15.0. The molecule has 0 N–H and O–H groups in total. The number of benzene rings is 3. The van der Waals surface area contributed by atoms with Crippen molar-refractivity contribution < 1.29 is 0 Å². The molecule has 0 amide bonds. The van der Waals surface area contributed by atoms with Gasteiger partial charge in [0, 0.05) is 62.0 Å². The molecule has 7 aromatic rings. The first kappa shape index (κ1) is 36.6. The van der Waals surface area contributed by atoms with Crippen LogP contribution in [0.5, 0.6) is 0 Å². The van der Waals surface area contributed by atoms with Crippen LogP contribution < -0.4 is 4.90 Å². The summed E-state index contributed by atoms with van der Waals surface area (Å²) >= 11 is 7.73. The molecule has 0 bridgehead atoms. The Kier molecular flexibility index (Phi) is 11.3. The molecule has 4 heterocycles. The Hall–Kier alpha value is -3.74. The first-order valence-electron chi connectivity index (χ1n) is 18.6. The van der Waals surface area contributed by atoms with Gasteiger partial charge < -0.3 is 4.90 Å². The molecule has 0 aliphatic heterocycles. The Balaban J connectivity index is 1.05. The fourth-order valence-corrected chi connectivity index (χ4v) is 11.0. The van der Waals surface area contributed by atoms with Crippen molar-refractivity contribution in [1.29, 1.82) is 0 Å². The van der Waals surface area contributed by atoms with E-state index in [-0.39, 0.29) is 5.41 Å². The second kappa shape index (κ2) is 16.1. The highest BCUT2D eigenvalue weighted by molar-refractivity contribution is 7.28. The lowest BCUT2D eigenvalue weighted by atomic mass is 9.87. The largest absolute Gasteiger partial charge is 0.311 e. The van der Waals surface area contributed by atoms with Gasteiger partial charge in [-0.1, -0.05) is 95.8 Å². The lowest BCUT2D eigenvalue weighted by Gasteiger charge is -2.27. The van der Waals surface area contributed by atoms with Gasteiger partial charge in [0.2, 0.25) is 0 Å². The van der Waals surface area contributed by atoms with Gasteiger partial charge in [0.1, 0.15) is 0 Å². The van der Waals surface area contributed by atoms with Gasteiger partial charge in [-0.05, 0) is 121 Å². The summed E-state index contributed by atoms with van der Waals surface area (Å²) in [6.45, 7) is 13.6. The Bertz CT molecular complexity index is 2180. The van der Waals surface area contributed by atoms with Crippen molar-refractivity contribution in [2.45, 2.75) is 85.0 Å². The summed E-state index contributed by atoms with van der Waals surface area (Å²) in [5.41, 5.74) is 7.56. The van der Waals surface area contributed by atoms with Gasteiger partial charge in [0.15, 0.2) is 0 Å². The molecule has 0 saturated heterocycles. The van der Waals surface area contributed by atoms with Crippen LogP contribution in [0.15, 0.2) is 121 Å². The fourth-order valence-electron chi connectivity index (χ4n) is 6.62. The van der Waals surface area contributed by atoms with E-state index in [2.05, 4.69) is 168 Å². The van der Waals surface area contributed by atoms with Gasteiger partial charge in [-0.25, -0.2) is 0 Å². The molecule has 1 nitrogen and oxygen atoms in total. The fraction of sp³-hybridized carbons (Fsp3) is 0.277. The topological polar surface area (TPSA) is 3.24 Å². The molecular weight excluding hydrogens is 707 g/mol. The molecular formula is C47H49NS4. The second-order valence-corrected chi connectivity index (χ2v) is 19.3. The summed E-state index contributed by atoms with van der Waals surface area (Å²) < 4.78 is 0. The van der Waals surface area contributed by atoms with E-state index in [4.69, 9.17) is 0 Å². The lowest BCUT2D eigenvalue weighted by molar-refractivity contribution is 0.590. The van der Waals surface area contributed by atoms with E-state index in [1.54, 1.807) is 0 Å². The van der Waals surface area contributed by atoms with E-state index < -0.39 is 0 Å². The predicted molar refractivity (Wildman–Crippen MR) is 234 cm³/mol. The first-order chi connectivity index (χ1) is 25.2. The van der Waals surface area contributed by atoms with Crippen molar-refractivity contribution in [3.8, 4) is 29.3 Å². The highest BCUT2D eigenvalue weighted by atomic mass is 32.1. The molecule has 7 rings (SSSR count). The van der Waals surface area contributed by atoms with Crippen LogP contribution in [0.3, 0.4) is 0 Å². The van der Waals surface area contributed by atoms with Crippen molar-refractivity contribution in [2.75, 3.05) is 4.90 Å². The van der Waals surface area contributed by atoms with Crippen LogP contribution in [0.2, 0.25) is 0 Å². The maximum atomic E-state index is 2.36. The highest BCUT2D eigenvalue weighted by Gasteiger charge is 2.19. The molecule has 266 valence electrons. The molecule has 0 aliphatic rings. The van der Waals surface area contributed by atoms with Crippen LogP contribution in [0.4, 0.5) is 17.1 Å². The minimum absolute atomic E-state index is 0.120. The van der Waals surface area contributed by atoms with E-state index in [0.29, 0.717) is 5.92 Å². The lowest BCUT2D eigenvalue weighted by Crippen LogP contribution is -2.13. The number of thiophene rings is 4. The third-order valence-electron chi connectivity index (χ3n) is 9.87. The normalized spacial score (nSPS) is 12.3. The maximum Gasteiger partial charge on any atom is 0.0461 e. The van der Waals surface area contributed by atoms with Crippen molar-refractivity contribution >= 4 is 62.4 Å². The summed E-state index contributed by atoms with van der Waals surface area (Å²) in [6.07, 6.45) is 6.50. The number of anilines is 3. The van der Waals surface area contributed by atoms with Crippen LogP contribution in [-0.4, -0.2) is 0 Å². The van der Waals surface area contributed by atoms with E-state index in [1.165, 1.54) is 105 Å². The molecule has 4 aromatic heterocycles. The van der Waals surface area contributed by atoms with Crippen LogP contribution in [0.25, 0.3) is 29.3 Å². The van der Waals surface area contributed by atoms with Crippen LogP contribution >= 0.6 is 45.3 Å². The number of aryl methyl sites for hydroxylation is 2. The summed E-state index contributed by atoms with van der Waals surface area (Å²) in [4.78, 5) is 13.5. The van der Waals surface area contributed by atoms with Crippen molar-refractivity contribution in [2.24, 2.45) is 0 Å². The maximum absolute atomic E-state index is 2.36. The Morgan fingerprint density at radius 1 is 0.519 bits per heavy atom. The Morgan fingerprint density at radius 2 is 1.00 bits per heavy atom. The Labute approximate surface area is 327 Å². The smallest absolute Gasteiger partial charge is 0.0461 e. The molecule has 0 spiro atoms. The minimum Gasteiger partial charge on any atom is -0.311 e. The number of unbranched alkanes of at least 4 members (excludes halogenated alkanes) is 3. The van der Waals surface area contributed by atoms with Crippen LogP contribution in [0.1, 0.15) is 92.7 Å². The van der Waals surface area contributed by atoms with Crippen LogP contribution in [-0.2, 0) is 11.8 Å². The summed E-state index contributed by atoms with van der Waals surface area (Å²) in [5.74, 6) is 0.313. The van der Waals surface area contributed by atoms with Gasteiger partial charge >= 0.3 is 0 Å². The molecule has 3 aromatic carbocycles. The van der Waals surface area contributed by atoms with Gasteiger partial charge in [0.05, 0.1) is 0 Å². The van der Waals surface area contributed by atoms with Crippen molar-refractivity contribution in [3.63, 3.8) is 0 Å². The zero-order chi connectivity index (χ0) is 36.2. The second-order valence-electron chi connectivity index (χ2n) is 14.9. The van der Waals surface area contributed by atoms with E-state index in [0.717, 1.165) is 0 Å². The van der Waals surface area contributed by atoms with Crippen LogP contribution in [0, 0.1) is 6.92 Å². The van der Waals surface area contributed by atoms with E-state index in [1.807, 2.05) is 45.3 Å². The number of rotatable bonds is 13. The highest BCUT2D eigenvalue weighted by Crippen LogP contribution is 2.44. The molecule has 0 radical (unpaired) electrons. The monoisotopic (exact) mass is 755 g/mol. The van der Waals surface area contributed by atoms with Gasteiger partial charge in [-0.3, -0.25) is 0 Å². The van der Waals surface area contributed by atoms with Crippen molar-refractivity contribution in [3.05, 3.63) is 148 Å². The van der Waals surface area contributed by atoms with Gasteiger partial charge in [-0.2, -0.15) is 0 Å². The number of nitrogens with zero attached hydrogens (tertiary/aromatic N) is 1. The molecule has 1 unspecified atom stereocenters. The van der Waals surface area contributed by atoms with Gasteiger partial charge in [0.25, 0.3) is 0 Å². The first-order valence-corrected chi connectivity index (χ1v) is 21.9. The van der Waals surface area contributed by atoms with Gasteiger partial charge in [-0.15, -0.1) is 45.3 Å². The predicted octanol–water partition coefficient (Wildman–Crippen LogP) is 16.3. The van der Waals surface area contributed by atoms with E-state index in [9.17, 15) is 0 Å². The molecule has 1 atom stereocenters. The average Bonchev–Trinajstić information content (AvgIpc) is 3.98. The number of hydrogen-bond donors (Lipinski definition) is 0. The zero-order valence-corrected chi connectivity index (χ0v) is 34.5. The SMILES string of the molecule is CCCCCCc1ccc(-c2ccc(-c3ccc(-c4ccc(C(C)c5ccc(N(c6ccc(C)cc6)c6ccc(C(C)(C)C)cc6)cc5)s4)s3)s2)s1. The minimum atomic E-state index is 0.120. The molecule has 0 fully saturated rings.